The Hall–Kier alpha value is -1.69. The van der Waals surface area contributed by atoms with Crippen LogP contribution >= 0.6 is 0 Å². The van der Waals surface area contributed by atoms with Gasteiger partial charge in [-0.3, -0.25) is 4.79 Å². The maximum atomic E-state index is 14.4. The van der Waals surface area contributed by atoms with E-state index in [-0.39, 0.29) is 11.4 Å². The summed E-state index contributed by atoms with van der Waals surface area (Å²) in [5, 5.41) is 0. The van der Waals surface area contributed by atoms with E-state index in [9.17, 15) is 13.6 Å². The molecule has 2 rings (SSSR count). The molecule has 1 aliphatic rings. The fraction of sp³-hybridized carbons (Fsp3) is 0.650. The van der Waals surface area contributed by atoms with E-state index in [2.05, 4.69) is 4.90 Å². The molecule has 0 amide bonds. The van der Waals surface area contributed by atoms with E-state index in [0.717, 1.165) is 38.8 Å². The van der Waals surface area contributed by atoms with Crippen molar-refractivity contribution in [2.24, 2.45) is 0 Å². The van der Waals surface area contributed by atoms with Crippen molar-refractivity contribution in [1.82, 2.24) is 4.90 Å². The molecule has 0 bridgehead atoms. The Morgan fingerprint density at radius 1 is 1.04 bits per heavy atom. The van der Waals surface area contributed by atoms with E-state index < -0.39 is 11.6 Å². The summed E-state index contributed by atoms with van der Waals surface area (Å²) in [5.74, 6) is -0.624. The predicted molar refractivity (Wildman–Crippen MR) is 99.9 cm³/mol. The lowest BCUT2D eigenvalue weighted by Crippen LogP contribution is -2.45. The van der Waals surface area contributed by atoms with Crippen molar-refractivity contribution in [2.75, 3.05) is 44.7 Å². The number of ketones is 1. The molecule has 1 fully saturated rings. The molecule has 0 aliphatic carbocycles. The monoisotopic (exact) mass is 368 g/mol. The first-order valence-electron chi connectivity index (χ1n) is 9.58. The van der Waals surface area contributed by atoms with Gasteiger partial charge in [0.2, 0.25) is 0 Å². The van der Waals surface area contributed by atoms with Crippen molar-refractivity contribution in [1.29, 1.82) is 0 Å². The lowest BCUT2D eigenvalue weighted by atomic mass is 10.1. The highest BCUT2D eigenvalue weighted by molar-refractivity contribution is 5.78. The van der Waals surface area contributed by atoms with Crippen molar-refractivity contribution >= 4 is 11.5 Å². The van der Waals surface area contributed by atoms with Gasteiger partial charge < -0.3 is 14.5 Å². The molecule has 1 aromatic rings. The van der Waals surface area contributed by atoms with Crippen molar-refractivity contribution in [3.8, 4) is 5.75 Å². The molecule has 0 spiro atoms. The number of nitrogens with zero attached hydrogens (tertiary/aromatic N) is 2. The number of carbonyl (C=O) groups excluding carboxylic acids is 1. The Kier molecular flexibility index (Phi) is 8.29. The Balaban J connectivity index is 1.78. The van der Waals surface area contributed by atoms with Crippen LogP contribution < -0.4 is 9.64 Å². The Bertz CT molecular complexity index is 564. The maximum Gasteiger partial charge on any atom is 0.153 e. The molecule has 1 heterocycles. The summed E-state index contributed by atoms with van der Waals surface area (Å²) in [6, 6.07) is 2.53. The van der Waals surface area contributed by atoms with E-state index in [1.807, 2.05) is 14.0 Å². The number of rotatable bonds is 10. The number of hydrogen-bond acceptors (Lipinski definition) is 4. The summed E-state index contributed by atoms with van der Waals surface area (Å²) in [5.41, 5.74) is 0.0416. The number of halogens is 2. The zero-order chi connectivity index (χ0) is 18.9. The van der Waals surface area contributed by atoms with Crippen LogP contribution in [0.15, 0.2) is 12.1 Å². The molecule has 1 aromatic carbocycles. The molecule has 146 valence electrons. The van der Waals surface area contributed by atoms with Gasteiger partial charge in [-0.1, -0.05) is 6.92 Å². The molecule has 0 saturated carbocycles. The summed E-state index contributed by atoms with van der Waals surface area (Å²) in [7, 11) is 2.00. The normalized spacial score (nSPS) is 15.3. The fourth-order valence-electron chi connectivity index (χ4n) is 3.15. The highest BCUT2D eigenvalue weighted by Crippen LogP contribution is 2.29. The molecule has 0 N–H and O–H groups in total. The summed E-state index contributed by atoms with van der Waals surface area (Å²) in [6.07, 6.45) is 4.63. The van der Waals surface area contributed by atoms with Gasteiger partial charge >= 0.3 is 0 Å². The zero-order valence-electron chi connectivity index (χ0n) is 15.9. The van der Waals surface area contributed by atoms with Crippen LogP contribution in [0.25, 0.3) is 0 Å². The lowest BCUT2D eigenvalue weighted by molar-refractivity contribution is -0.119. The van der Waals surface area contributed by atoms with Gasteiger partial charge in [0.1, 0.15) is 17.2 Å². The van der Waals surface area contributed by atoms with E-state index >= 15 is 0 Å². The number of ether oxygens (including phenoxy) is 1. The zero-order valence-corrected chi connectivity index (χ0v) is 15.9. The molecule has 0 unspecified atom stereocenters. The van der Waals surface area contributed by atoms with Crippen molar-refractivity contribution in [3.63, 3.8) is 0 Å². The third-order valence-electron chi connectivity index (χ3n) is 4.71. The van der Waals surface area contributed by atoms with E-state index in [0.29, 0.717) is 38.3 Å². The number of Topliss-reactive ketones (excluding diaryl/α,β-unsaturated/α-hetero) is 1. The Morgan fingerprint density at radius 2 is 1.69 bits per heavy atom. The van der Waals surface area contributed by atoms with Gasteiger partial charge in [-0.25, -0.2) is 8.78 Å². The molecule has 0 aromatic heterocycles. The largest absolute Gasteiger partial charge is 0.493 e. The van der Waals surface area contributed by atoms with Crippen molar-refractivity contribution in [3.05, 3.63) is 23.8 Å². The van der Waals surface area contributed by atoms with Crippen molar-refractivity contribution in [2.45, 2.75) is 45.4 Å². The van der Waals surface area contributed by atoms with E-state index in [1.54, 1.807) is 4.90 Å². The summed E-state index contributed by atoms with van der Waals surface area (Å²) in [6.45, 7) is 5.20. The fourth-order valence-corrected chi connectivity index (χ4v) is 3.15. The molecule has 0 atom stereocenters. The average molecular weight is 368 g/mol. The number of piperazine rings is 1. The summed E-state index contributed by atoms with van der Waals surface area (Å²) < 4.78 is 34.2. The van der Waals surface area contributed by atoms with Crippen LogP contribution in [0.5, 0.6) is 5.75 Å². The topological polar surface area (TPSA) is 32.8 Å². The maximum absolute atomic E-state index is 14.4. The number of carbonyl (C=O) groups is 1. The van der Waals surface area contributed by atoms with Crippen LogP contribution in [0.3, 0.4) is 0 Å². The highest BCUT2D eigenvalue weighted by Gasteiger charge is 2.22. The van der Waals surface area contributed by atoms with E-state index in [4.69, 9.17) is 4.74 Å². The van der Waals surface area contributed by atoms with Gasteiger partial charge in [0.15, 0.2) is 11.6 Å². The number of benzene rings is 1. The van der Waals surface area contributed by atoms with Crippen LogP contribution in [-0.4, -0.2) is 50.5 Å². The first-order valence-corrected chi connectivity index (χ1v) is 9.58. The SMILES string of the molecule is CCCC(=O)CCCCCOc1cc(F)c(N2CCN(C)CC2)c(F)c1. The molecule has 26 heavy (non-hydrogen) atoms. The standard InChI is InChI=1S/C20H30F2N2O2/c1-3-7-16(25)8-5-4-6-13-26-17-14-18(21)20(19(22)15-17)24-11-9-23(2)10-12-24/h14-15H,3-13H2,1-2H3. The first-order chi connectivity index (χ1) is 12.5. The smallest absolute Gasteiger partial charge is 0.153 e. The predicted octanol–water partition coefficient (Wildman–Crippen LogP) is 4.03. The van der Waals surface area contributed by atoms with Crippen LogP contribution in [0, 0.1) is 11.6 Å². The third-order valence-corrected chi connectivity index (χ3v) is 4.71. The number of unbranched alkanes of at least 4 members (excludes halogenated alkanes) is 2. The number of likely N-dealkylation sites (N-methyl/N-ethyl adjacent to an activating group) is 1. The summed E-state index contributed by atoms with van der Waals surface area (Å²) >= 11 is 0. The minimum Gasteiger partial charge on any atom is -0.493 e. The number of hydrogen-bond donors (Lipinski definition) is 0. The second-order valence-corrected chi connectivity index (χ2v) is 6.97. The van der Waals surface area contributed by atoms with Gasteiger partial charge in [0, 0.05) is 51.2 Å². The van der Waals surface area contributed by atoms with Crippen LogP contribution in [-0.2, 0) is 4.79 Å². The Morgan fingerprint density at radius 3 is 2.31 bits per heavy atom. The molecule has 1 saturated heterocycles. The van der Waals surface area contributed by atoms with Crippen LogP contribution in [0.2, 0.25) is 0 Å². The third kappa shape index (κ3) is 6.24. The van der Waals surface area contributed by atoms with Gasteiger partial charge in [-0.2, -0.15) is 0 Å². The second kappa shape index (κ2) is 10.5. The molecule has 1 aliphatic heterocycles. The molecular weight excluding hydrogens is 338 g/mol. The van der Waals surface area contributed by atoms with Gasteiger partial charge in [0.25, 0.3) is 0 Å². The Labute approximate surface area is 155 Å². The highest BCUT2D eigenvalue weighted by atomic mass is 19.1. The van der Waals surface area contributed by atoms with Crippen molar-refractivity contribution < 1.29 is 18.3 Å². The number of anilines is 1. The molecule has 6 heteroatoms. The quantitative estimate of drug-likeness (QED) is 0.584. The van der Waals surface area contributed by atoms with E-state index in [1.165, 1.54) is 12.1 Å². The van der Waals surface area contributed by atoms with Crippen LogP contribution in [0.1, 0.15) is 45.4 Å². The molecule has 4 nitrogen and oxygen atoms in total. The second-order valence-electron chi connectivity index (χ2n) is 6.97. The summed E-state index contributed by atoms with van der Waals surface area (Å²) in [4.78, 5) is 15.3. The molecule has 0 radical (unpaired) electrons. The molecular formula is C20H30F2N2O2. The van der Waals surface area contributed by atoms with Gasteiger partial charge in [-0.05, 0) is 32.7 Å². The van der Waals surface area contributed by atoms with Crippen LogP contribution in [0.4, 0.5) is 14.5 Å². The first kappa shape index (κ1) is 20.6. The minimum absolute atomic E-state index is 0.0416. The average Bonchev–Trinajstić information content (AvgIpc) is 2.59. The van der Waals surface area contributed by atoms with Gasteiger partial charge in [0.05, 0.1) is 6.61 Å². The lowest BCUT2D eigenvalue weighted by Gasteiger charge is -2.34. The van der Waals surface area contributed by atoms with Gasteiger partial charge in [-0.15, -0.1) is 0 Å². The minimum atomic E-state index is -0.574.